The van der Waals surface area contributed by atoms with E-state index in [4.69, 9.17) is 9.79 Å². The molecule has 0 bridgehead atoms. The van der Waals surface area contributed by atoms with Gasteiger partial charge in [-0.25, -0.2) is 0 Å². The van der Waals surface area contributed by atoms with Gasteiger partial charge in [-0.2, -0.15) is 0 Å². The summed E-state index contributed by atoms with van der Waals surface area (Å²) in [5.41, 5.74) is 5.47. The molecule has 138 valence electrons. The largest absolute Gasteiger partial charge is 0.356 e. The van der Waals surface area contributed by atoms with Crippen molar-refractivity contribution in [3.8, 4) is 0 Å². The standard InChI is InChI=1S/2C8H10.C6H7O3P/c2*1-7-5-3-4-6-8(7)2;7-10(8,9)6-4-2-1-3-5-6/h2*3-6H,1-2H3;1-5H,(H2,7,8,9). The van der Waals surface area contributed by atoms with Crippen molar-refractivity contribution in [3.05, 3.63) is 101 Å². The Balaban J connectivity index is 0.000000197. The molecule has 0 saturated carbocycles. The van der Waals surface area contributed by atoms with Crippen molar-refractivity contribution in [1.29, 1.82) is 0 Å². The predicted molar refractivity (Wildman–Crippen MR) is 110 cm³/mol. The fourth-order valence-electron chi connectivity index (χ4n) is 1.95. The smallest absolute Gasteiger partial charge is 0.321 e. The topological polar surface area (TPSA) is 57.5 Å². The van der Waals surface area contributed by atoms with Crippen LogP contribution in [0.15, 0.2) is 78.9 Å². The lowest BCUT2D eigenvalue weighted by Crippen LogP contribution is -2.01. The Morgan fingerprint density at radius 2 is 0.808 bits per heavy atom. The van der Waals surface area contributed by atoms with Gasteiger partial charge < -0.3 is 9.79 Å². The average Bonchev–Trinajstić information content (AvgIpc) is 2.61. The van der Waals surface area contributed by atoms with Crippen LogP contribution in [0.2, 0.25) is 0 Å². The van der Waals surface area contributed by atoms with Crippen LogP contribution in [0.4, 0.5) is 0 Å². The second-order valence-corrected chi connectivity index (χ2v) is 7.65. The highest BCUT2D eigenvalue weighted by Crippen LogP contribution is 2.32. The summed E-state index contributed by atoms with van der Waals surface area (Å²) >= 11 is 0. The molecule has 0 aliphatic carbocycles. The fourth-order valence-corrected chi connectivity index (χ4v) is 2.51. The van der Waals surface area contributed by atoms with E-state index in [1.54, 1.807) is 18.2 Å². The van der Waals surface area contributed by atoms with Crippen LogP contribution < -0.4 is 5.30 Å². The molecule has 26 heavy (non-hydrogen) atoms. The third-order valence-electron chi connectivity index (χ3n) is 3.94. The molecule has 3 aromatic rings. The van der Waals surface area contributed by atoms with Gasteiger partial charge in [-0.15, -0.1) is 0 Å². The summed E-state index contributed by atoms with van der Waals surface area (Å²) in [7, 11) is -4.02. The second kappa shape index (κ2) is 10.7. The van der Waals surface area contributed by atoms with Crippen LogP contribution in [0.3, 0.4) is 0 Å². The second-order valence-electron chi connectivity index (χ2n) is 6.05. The third kappa shape index (κ3) is 8.26. The molecule has 0 amide bonds. The molecule has 0 unspecified atom stereocenters. The minimum Gasteiger partial charge on any atom is -0.321 e. The van der Waals surface area contributed by atoms with Gasteiger partial charge in [0.25, 0.3) is 0 Å². The van der Waals surface area contributed by atoms with Gasteiger partial charge in [0.1, 0.15) is 0 Å². The van der Waals surface area contributed by atoms with Gasteiger partial charge in [0.05, 0.1) is 5.30 Å². The van der Waals surface area contributed by atoms with E-state index >= 15 is 0 Å². The van der Waals surface area contributed by atoms with Crippen LogP contribution >= 0.6 is 7.60 Å². The lowest BCUT2D eigenvalue weighted by Gasteiger charge is -2.00. The highest BCUT2D eigenvalue weighted by Gasteiger charge is 2.14. The van der Waals surface area contributed by atoms with E-state index in [-0.39, 0.29) is 5.30 Å². The number of benzene rings is 3. The molecule has 3 aromatic carbocycles. The molecule has 0 radical (unpaired) electrons. The molecule has 0 aliphatic heterocycles. The first-order valence-electron chi connectivity index (χ1n) is 8.37. The number of hydrogen-bond donors (Lipinski definition) is 2. The maximum absolute atomic E-state index is 10.5. The van der Waals surface area contributed by atoms with E-state index in [9.17, 15) is 4.57 Å². The zero-order valence-corrected chi connectivity index (χ0v) is 16.6. The molecule has 3 rings (SSSR count). The summed E-state index contributed by atoms with van der Waals surface area (Å²) in [5, 5.41) is 0.0648. The Labute approximate surface area is 156 Å². The first-order valence-corrected chi connectivity index (χ1v) is 9.98. The summed E-state index contributed by atoms with van der Waals surface area (Å²) in [5.74, 6) is 0. The van der Waals surface area contributed by atoms with Crippen molar-refractivity contribution >= 4 is 12.9 Å². The lowest BCUT2D eigenvalue weighted by atomic mass is 10.1. The van der Waals surface area contributed by atoms with Gasteiger partial charge in [0, 0.05) is 0 Å². The van der Waals surface area contributed by atoms with Crippen LogP contribution in [0, 0.1) is 27.7 Å². The van der Waals surface area contributed by atoms with E-state index in [2.05, 4.69) is 76.2 Å². The Morgan fingerprint density at radius 3 is 1.00 bits per heavy atom. The zero-order chi connectivity index (χ0) is 19.6. The van der Waals surface area contributed by atoms with Crippen molar-refractivity contribution in [2.75, 3.05) is 0 Å². The molecular formula is C22H27O3P. The summed E-state index contributed by atoms with van der Waals surface area (Å²) in [6.07, 6.45) is 0. The number of aryl methyl sites for hydroxylation is 4. The Kier molecular flexibility index (Phi) is 9.01. The maximum atomic E-state index is 10.5. The molecule has 2 N–H and O–H groups in total. The van der Waals surface area contributed by atoms with E-state index in [0.29, 0.717) is 0 Å². The van der Waals surface area contributed by atoms with Crippen molar-refractivity contribution in [2.24, 2.45) is 0 Å². The molecule has 0 spiro atoms. The summed E-state index contributed by atoms with van der Waals surface area (Å²) in [6, 6.07) is 24.4. The Morgan fingerprint density at radius 1 is 0.538 bits per heavy atom. The van der Waals surface area contributed by atoms with Crippen molar-refractivity contribution < 1.29 is 14.4 Å². The van der Waals surface area contributed by atoms with Gasteiger partial charge >= 0.3 is 7.60 Å². The van der Waals surface area contributed by atoms with E-state index < -0.39 is 7.60 Å². The monoisotopic (exact) mass is 370 g/mol. The normalized spacial score (nSPS) is 10.1. The quantitative estimate of drug-likeness (QED) is 0.586. The van der Waals surface area contributed by atoms with Gasteiger partial charge in [-0.3, -0.25) is 4.57 Å². The third-order valence-corrected chi connectivity index (χ3v) is 4.91. The van der Waals surface area contributed by atoms with Crippen molar-refractivity contribution in [1.82, 2.24) is 0 Å². The van der Waals surface area contributed by atoms with Crippen molar-refractivity contribution in [2.45, 2.75) is 27.7 Å². The first-order chi connectivity index (χ1) is 12.2. The van der Waals surface area contributed by atoms with Gasteiger partial charge in [0.2, 0.25) is 0 Å². The minimum absolute atomic E-state index is 0.0648. The first kappa shape index (κ1) is 21.9. The summed E-state index contributed by atoms with van der Waals surface area (Å²) < 4.78 is 10.5. The highest BCUT2D eigenvalue weighted by molar-refractivity contribution is 7.60. The summed E-state index contributed by atoms with van der Waals surface area (Å²) in [6.45, 7) is 8.48. The highest BCUT2D eigenvalue weighted by atomic mass is 31.2. The minimum atomic E-state index is -4.02. The molecule has 0 saturated heterocycles. The Bertz CT molecular complexity index is 753. The van der Waals surface area contributed by atoms with Gasteiger partial charge in [-0.05, 0) is 62.1 Å². The van der Waals surface area contributed by atoms with E-state index in [0.717, 1.165) is 0 Å². The van der Waals surface area contributed by atoms with Crippen LogP contribution in [0.25, 0.3) is 0 Å². The predicted octanol–water partition coefficient (Wildman–Crippen LogP) is 5.10. The van der Waals surface area contributed by atoms with Crippen LogP contribution in [0.1, 0.15) is 22.3 Å². The Hall–Kier alpha value is -2.19. The van der Waals surface area contributed by atoms with Gasteiger partial charge in [-0.1, -0.05) is 66.7 Å². The molecular weight excluding hydrogens is 343 g/mol. The maximum Gasteiger partial charge on any atom is 0.356 e. The van der Waals surface area contributed by atoms with Crippen LogP contribution in [-0.4, -0.2) is 9.79 Å². The van der Waals surface area contributed by atoms with Crippen molar-refractivity contribution in [3.63, 3.8) is 0 Å². The van der Waals surface area contributed by atoms with E-state index in [1.807, 2.05) is 0 Å². The molecule has 0 heterocycles. The van der Waals surface area contributed by atoms with E-state index in [1.165, 1.54) is 34.4 Å². The molecule has 3 nitrogen and oxygen atoms in total. The zero-order valence-electron chi connectivity index (χ0n) is 15.8. The molecule has 0 aliphatic rings. The van der Waals surface area contributed by atoms with Crippen LogP contribution in [0.5, 0.6) is 0 Å². The fraction of sp³-hybridized carbons (Fsp3) is 0.182. The van der Waals surface area contributed by atoms with Gasteiger partial charge in [0.15, 0.2) is 0 Å². The average molecular weight is 370 g/mol. The van der Waals surface area contributed by atoms with Crippen LogP contribution in [-0.2, 0) is 4.57 Å². The summed E-state index contributed by atoms with van der Waals surface area (Å²) in [4.78, 5) is 17.2. The number of hydrogen-bond acceptors (Lipinski definition) is 1. The molecule has 0 aromatic heterocycles. The SMILES string of the molecule is Cc1ccccc1C.Cc1ccccc1C.O=P(O)(O)c1ccccc1. The number of rotatable bonds is 1. The molecule has 4 heteroatoms. The molecule has 0 fully saturated rings. The lowest BCUT2D eigenvalue weighted by molar-refractivity contribution is 0.387. The molecule has 0 atom stereocenters.